The van der Waals surface area contributed by atoms with E-state index in [2.05, 4.69) is 10.4 Å². The van der Waals surface area contributed by atoms with E-state index in [9.17, 15) is 19.2 Å². The lowest BCUT2D eigenvalue weighted by atomic mass is 10.1. The fourth-order valence-electron chi connectivity index (χ4n) is 4.15. The minimum Gasteiger partial charge on any atom is -0.467 e. The molecule has 0 fully saturated rings. The van der Waals surface area contributed by atoms with Gasteiger partial charge in [-0.25, -0.2) is 9.48 Å². The summed E-state index contributed by atoms with van der Waals surface area (Å²) in [5, 5.41) is 7.22. The van der Waals surface area contributed by atoms with E-state index < -0.39 is 30.3 Å². The molecular weight excluding hydrogens is 476 g/mol. The number of amides is 3. The van der Waals surface area contributed by atoms with Crippen LogP contribution in [-0.4, -0.2) is 45.0 Å². The third-order valence-electron chi connectivity index (χ3n) is 5.99. The molecule has 2 aromatic carbocycles. The number of aryl methyl sites for hydroxylation is 1. The minimum absolute atomic E-state index is 0.0149. The highest BCUT2D eigenvalue weighted by Gasteiger charge is 2.36. The molecule has 37 heavy (non-hydrogen) atoms. The van der Waals surface area contributed by atoms with E-state index in [0.717, 1.165) is 16.3 Å². The molecule has 0 bridgehead atoms. The second-order valence-corrected chi connectivity index (χ2v) is 8.45. The number of furan rings is 1. The number of esters is 1. The molecule has 1 aliphatic rings. The fourth-order valence-corrected chi connectivity index (χ4v) is 4.15. The maximum Gasteiger partial charge on any atom is 0.338 e. The van der Waals surface area contributed by atoms with Crippen molar-refractivity contribution in [3.8, 4) is 5.69 Å². The van der Waals surface area contributed by atoms with Crippen LogP contribution in [0.5, 0.6) is 0 Å². The van der Waals surface area contributed by atoms with Crippen LogP contribution in [0.15, 0.2) is 71.3 Å². The summed E-state index contributed by atoms with van der Waals surface area (Å²) in [4.78, 5) is 51.6. The Morgan fingerprint density at radius 3 is 2.46 bits per heavy atom. The molecule has 10 nitrogen and oxygen atoms in total. The van der Waals surface area contributed by atoms with Crippen LogP contribution in [0.2, 0.25) is 0 Å². The van der Waals surface area contributed by atoms with Crippen LogP contribution in [0.3, 0.4) is 0 Å². The van der Waals surface area contributed by atoms with Gasteiger partial charge in [0.15, 0.2) is 6.61 Å². The Labute approximate surface area is 211 Å². The van der Waals surface area contributed by atoms with Gasteiger partial charge in [-0.05, 0) is 56.3 Å². The number of anilines is 1. The highest BCUT2D eigenvalue weighted by molar-refractivity contribution is 6.21. The van der Waals surface area contributed by atoms with Crippen molar-refractivity contribution in [2.24, 2.45) is 0 Å². The third kappa shape index (κ3) is 4.52. The third-order valence-corrected chi connectivity index (χ3v) is 5.99. The number of hydrogen-bond donors (Lipinski definition) is 1. The van der Waals surface area contributed by atoms with E-state index in [1.54, 1.807) is 23.7 Å². The largest absolute Gasteiger partial charge is 0.467 e. The number of fused-ring (bicyclic) bond motifs is 1. The molecule has 10 heteroatoms. The van der Waals surface area contributed by atoms with Crippen LogP contribution < -0.4 is 5.32 Å². The number of benzene rings is 2. The summed E-state index contributed by atoms with van der Waals surface area (Å²) in [5.41, 5.74) is 3.05. The van der Waals surface area contributed by atoms with Crippen molar-refractivity contribution in [1.29, 1.82) is 0 Å². The molecule has 0 aliphatic carbocycles. The van der Waals surface area contributed by atoms with E-state index in [-0.39, 0.29) is 23.2 Å². The first kappa shape index (κ1) is 23.7. The van der Waals surface area contributed by atoms with E-state index in [0.29, 0.717) is 17.1 Å². The summed E-state index contributed by atoms with van der Waals surface area (Å²) in [6, 6.07) is 16.9. The number of hydrogen-bond acceptors (Lipinski definition) is 7. The minimum atomic E-state index is -0.795. The van der Waals surface area contributed by atoms with Crippen LogP contribution in [0.4, 0.5) is 5.69 Å². The second-order valence-electron chi connectivity index (χ2n) is 8.45. The topological polar surface area (TPSA) is 124 Å². The number of carbonyl (C=O) groups is 4. The first-order valence-electron chi connectivity index (χ1n) is 11.4. The molecule has 0 spiro atoms. The van der Waals surface area contributed by atoms with Crippen molar-refractivity contribution in [3.63, 3.8) is 0 Å². The quantitative estimate of drug-likeness (QED) is 0.305. The Kier molecular flexibility index (Phi) is 6.14. The van der Waals surface area contributed by atoms with Crippen molar-refractivity contribution in [2.75, 3.05) is 11.9 Å². The predicted molar refractivity (Wildman–Crippen MR) is 131 cm³/mol. The Hall–Kier alpha value is -4.99. The molecular formula is C27H22N4O6. The van der Waals surface area contributed by atoms with Gasteiger partial charge in [-0.3, -0.25) is 19.3 Å². The average Bonchev–Trinajstić information content (AvgIpc) is 3.59. The molecule has 1 N–H and O–H groups in total. The SMILES string of the molecule is Cc1nn(-c2ccccc2)c(C)c1NC(=O)COC(=O)c1ccc2c(c1)C(=O)N(Cc1ccco1)C2=O. The van der Waals surface area contributed by atoms with Gasteiger partial charge in [0.1, 0.15) is 5.76 Å². The summed E-state index contributed by atoms with van der Waals surface area (Å²) in [7, 11) is 0. The van der Waals surface area contributed by atoms with Gasteiger partial charge in [-0.1, -0.05) is 18.2 Å². The summed E-state index contributed by atoms with van der Waals surface area (Å²) < 4.78 is 12.1. The number of para-hydroxylation sites is 1. The van der Waals surface area contributed by atoms with Gasteiger partial charge in [-0.15, -0.1) is 0 Å². The second kappa shape index (κ2) is 9.57. The maximum absolute atomic E-state index is 12.8. The van der Waals surface area contributed by atoms with Crippen molar-refractivity contribution in [3.05, 3.63) is 101 Å². The van der Waals surface area contributed by atoms with Gasteiger partial charge < -0.3 is 14.5 Å². The molecule has 0 radical (unpaired) electrons. The summed E-state index contributed by atoms with van der Waals surface area (Å²) >= 11 is 0. The Morgan fingerprint density at radius 2 is 1.73 bits per heavy atom. The fraction of sp³-hybridized carbons (Fsp3) is 0.148. The number of nitrogens with one attached hydrogen (secondary N) is 1. The van der Waals surface area contributed by atoms with E-state index in [1.807, 2.05) is 37.3 Å². The Bertz CT molecular complexity index is 1520. The maximum atomic E-state index is 12.8. The van der Waals surface area contributed by atoms with Gasteiger partial charge >= 0.3 is 5.97 Å². The highest BCUT2D eigenvalue weighted by Crippen LogP contribution is 2.26. The smallest absolute Gasteiger partial charge is 0.338 e. The first-order valence-corrected chi connectivity index (χ1v) is 11.4. The number of nitrogens with zero attached hydrogens (tertiary/aromatic N) is 3. The van der Waals surface area contributed by atoms with Crippen LogP contribution >= 0.6 is 0 Å². The number of aromatic nitrogens is 2. The van der Waals surface area contributed by atoms with E-state index >= 15 is 0 Å². The van der Waals surface area contributed by atoms with Gasteiger partial charge in [0.2, 0.25) is 0 Å². The van der Waals surface area contributed by atoms with Gasteiger partial charge in [0.05, 0.1) is 52.3 Å². The highest BCUT2D eigenvalue weighted by atomic mass is 16.5. The lowest BCUT2D eigenvalue weighted by Crippen LogP contribution is -2.28. The van der Waals surface area contributed by atoms with Crippen molar-refractivity contribution in [2.45, 2.75) is 20.4 Å². The van der Waals surface area contributed by atoms with E-state index in [4.69, 9.17) is 9.15 Å². The molecule has 5 rings (SSSR count). The molecule has 186 valence electrons. The first-order chi connectivity index (χ1) is 17.8. The average molecular weight is 498 g/mol. The summed E-state index contributed by atoms with van der Waals surface area (Å²) in [6.45, 7) is 3.04. The monoisotopic (exact) mass is 498 g/mol. The number of carbonyl (C=O) groups excluding carboxylic acids is 4. The lowest BCUT2D eigenvalue weighted by molar-refractivity contribution is -0.119. The molecule has 2 aromatic heterocycles. The molecule has 0 atom stereocenters. The van der Waals surface area contributed by atoms with Crippen LogP contribution in [0.1, 0.15) is 48.2 Å². The van der Waals surface area contributed by atoms with Crippen molar-refractivity contribution in [1.82, 2.24) is 14.7 Å². The van der Waals surface area contributed by atoms with Gasteiger partial charge in [0.25, 0.3) is 17.7 Å². The number of rotatable bonds is 7. The number of ether oxygens (including phenoxy) is 1. The van der Waals surface area contributed by atoms with Gasteiger partial charge in [-0.2, -0.15) is 5.10 Å². The zero-order chi connectivity index (χ0) is 26.1. The summed E-state index contributed by atoms with van der Waals surface area (Å²) in [5.74, 6) is -1.89. The van der Waals surface area contributed by atoms with Crippen LogP contribution in [0, 0.1) is 13.8 Å². The molecule has 1 aliphatic heterocycles. The molecule has 0 saturated heterocycles. The Morgan fingerprint density at radius 1 is 0.973 bits per heavy atom. The van der Waals surface area contributed by atoms with Crippen LogP contribution in [0.25, 0.3) is 5.69 Å². The normalized spacial score (nSPS) is 12.5. The molecule has 0 saturated carbocycles. The van der Waals surface area contributed by atoms with Gasteiger partial charge in [0, 0.05) is 0 Å². The number of imide groups is 1. The van der Waals surface area contributed by atoms with E-state index in [1.165, 1.54) is 24.5 Å². The summed E-state index contributed by atoms with van der Waals surface area (Å²) in [6.07, 6.45) is 1.45. The Balaban J connectivity index is 1.23. The predicted octanol–water partition coefficient (Wildman–Crippen LogP) is 3.67. The van der Waals surface area contributed by atoms with Crippen molar-refractivity contribution < 1.29 is 28.3 Å². The lowest BCUT2D eigenvalue weighted by Gasteiger charge is -2.11. The molecule has 3 amide bonds. The molecule has 4 aromatic rings. The van der Waals surface area contributed by atoms with Crippen LogP contribution in [-0.2, 0) is 16.1 Å². The van der Waals surface area contributed by atoms with Crippen molar-refractivity contribution >= 4 is 29.4 Å². The zero-order valence-corrected chi connectivity index (χ0v) is 20.1. The standard InChI is InChI=1S/C27H22N4O6/c1-16-24(17(2)31(29-16)19-7-4-3-5-8-19)28-23(32)15-37-27(35)18-10-11-21-22(13-18)26(34)30(25(21)33)14-20-9-6-12-36-20/h3-13H,14-15H2,1-2H3,(H,28,32). The molecule has 0 unspecified atom stereocenters. The zero-order valence-electron chi connectivity index (χ0n) is 20.1. The molecule has 3 heterocycles.